The van der Waals surface area contributed by atoms with Gasteiger partial charge in [0.15, 0.2) is 0 Å². The SMILES string of the molecule is COc1ccc(C(=O)N2CCC(c3[nH]ncc3C(=O)N3C[C@H](C)O[C@@H](C)C3)CC2)cc1. The molecule has 2 fully saturated rings. The molecule has 3 heterocycles. The third-order valence-corrected chi connectivity index (χ3v) is 6.13. The van der Waals surface area contributed by atoms with Gasteiger partial charge in [0, 0.05) is 37.7 Å². The number of hydrogen-bond acceptors (Lipinski definition) is 5. The van der Waals surface area contributed by atoms with Crippen molar-refractivity contribution >= 4 is 11.8 Å². The van der Waals surface area contributed by atoms with Gasteiger partial charge >= 0.3 is 0 Å². The van der Waals surface area contributed by atoms with Crippen LogP contribution in [0.2, 0.25) is 0 Å². The molecule has 1 N–H and O–H groups in total. The second-order valence-electron chi connectivity index (χ2n) is 8.46. The molecule has 2 saturated heterocycles. The maximum absolute atomic E-state index is 13.2. The molecule has 2 aromatic rings. The topological polar surface area (TPSA) is 87.8 Å². The lowest BCUT2D eigenvalue weighted by atomic mass is 9.90. The number of morpholine rings is 1. The van der Waals surface area contributed by atoms with Crippen LogP contribution in [0, 0.1) is 0 Å². The fraction of sp³-hybridized carbons (Fsp3) is 0.522. The Kier molecular flexibility index (Phi) is 6.27. The maximum atomic E-state index is 13.2. The zero-order valence-electron chi connectivity index (χ0n) is 18.3. The Labute approximate surface area is 182 Å². The number of ether oxygens (including phenoxy) is 2. The van der Waals surface area contributed by atoms with E-state index in [2.05, 4.69) is 10.2 Å². The van der Waals surface area contributed by atoms with E-state index in [-0.39, 0.29) is 29.9 Å². The molecule has 2 amide bonds. The molecule has 166 valence electrons. The number of aromatic nitrogens is 2. The van der Waals surface area contributed by atoms with E-state index in [9.17, 15) is 9.59 Å². The average Bonchev–Trinajstić information content (AvgIpc) is 3.27. The number of amides is 2. The summed E-state index contributed by atoms with van der Waals surface area (Å²) in [5.74, 6) is 0.939. The van der Waals surface area contributed by atoms with Crippen LogP contribution in [-0.4, -0.2) is 77.3 Å². The number of hydrogen-bond donors (Lipinski definition) is 1. The molecule has 1 aromatic heterocycles. The van der Waals surface area contributed by atoms with Crippen molar-refractivity contribution in [3.63, 3.8) is 0 Å². The van der Waals surface area contributed by atoms with Crippen molar-refractivity contribution in [2.24, 2.45) is 0 Å². The molecule has 8 nitrogen and oxygen atoms in total. The first kappa shape index (κ1) is 21.4. The Morgan fingerprint density at radius 3 is 2.29 bits per heavy atom. The Hall–Kier alpha value is -2.87. The van der Waals surface area contributed by atoms with E-state index in [0.717, 1.165) is 24.3 Å². The molecule has 0 radical (unpaired) electrons. The second-order valence-corrected chi connectivity index (χ2v) is 8.46. The summed E-state index contributed by atoms with van der Waals surface area (Å²) in [5, 5.41) is 7.23. The zero-order valence-corrected chi connectivity index (χ0v) is 18.3. The van der Waals surface area contributed by atoms with Gasteiger partial charge in [-0.15, -0.1) is 0 Å². The monoisotopic (exact) mass is 426 g/mol. The van der Waals surface area contributed by atoms with Gasteiger partial charge in [-0.1, -0.05) is 0 Å². The minimum Gasteiger partial charge on any atom is -0.497 e. The molecule has 0 bridgehead atoms. The number of aromatic amines is 1. The predicted molar refractivity (Wildman–Crippen MR) is 115 cm³/mol. The van der Waals surface area contributed by atoms with Gasteiger partial charge in [0.1, 0.15) is 5.75 Å². The molecule has 0 saturated carbocycles. The van der Waals surface area contributed by atoms with Crippen molar-refractivity contribution < 1.29 is 19.1 Å². The number of H-pyrrole nitrogens is 1. The quantitative estimate of drug-likeness (QED) is 0.812. The normalized spacial score (nSPS) is 22.4. The molecule has 0 aliphatic carbocycles. The molecule has 2 atom stereocenters. The van der Waals surface area contributed by atoms with Crippen LogP contribution >= 0.6 is 0 Å². The first-order valence-corrected chi connectivity index (χ1v) is 10.9. The van der Waals surface area contributed by atoms with Crippen LogP contribution in [0.5, 0.6) is 5.75 Å². The number of nitrogens with zero attached hydrogens (tertiary/aromatic N) is 3. The summed E-state index contributed by atoms with van der Waals surface area (Å²) < 4.78 is 10.9. The molecular formula is C23H30N4O4. The third kappa shape index (κ3) is 4.58. The molecule has 4 rings (SSSR count). The first-order chi connectivity index (χ1) is 15.0. The van der Waals surface area contributed by atoms with E-state index in [1.165, 1.54) is 0 Å². The van der Waals surface area contributed by atoms with Crippen LogP contribution in [0.25, 0.3) is 0 Å². The van der Waals surface area contributed by atoms with Crippen LogP contribution in [-0.2, 0) is 4.74 Å². The highest BCUT2D eigenvalue weighted by atomic mass is 16.5. The lowest BCUT2D eigenvalue weighted by Gasteiger charge is -2.36. The largest absolute Gasteiger partial charge is 0.497 e. The Bertz CT molecular complexity index is 908. The number of carbonyl (C=O) groups excluding carboxylic acids is 2. The lowest BCUT2D eigenvalue weighted by Crippen LogP contribution is -2.48. The smallest absolute Gasteiger partial charge is 0.257 e. The summed E-state index contributed by atoms with van der Waals surface area (Å²) in [6, 6.07) is 7.19. The number of methoxy groups -OCH3 is 1. The van der Waals surface area contributed by atoms with Crippen molar-refractivity contribution in [1.82, 2.24) is 20.0 Å². The van der Waals surface area contributed by atoms with Gasteiger partial charge < -0.3 is 19.3 Å². The van der Waals surface area contributed by atoms with Crippen molar-refractivity contribution in [2.45, 2.75) is 44.8 Å². The molecule has 0 spiro atoms. The summed E-state index contributed by atoms with van der Waals surface area (Å²) >= 11 is 0. The maximum Gasteiger partial charge on any atom is 0.257 e. The second kappa shape index (κ2) is 9.09. The Morgan fingerprint density at radius 1 is 1.03 bits per heavy atom. The fourth-order valence-corrected chi connectivity index (χ4v) is 4.58. The Morgan fingerprint density at radius 2 is 1.68 bits per heavy atom. The molecule has 0 unspecified atom stereocenters. The van der Waals surface area contributed by atoms with E-state index in [1.807, 2.05) is 23.6 Å². The van der Waals surface area contributed by atoms with E-state index in [0.29, 0.717) is 37.3 Å². The lowest BCUT2D eigenvalue weighted by molar-refractivity contribution is -0.0586. The van der Waals surface area contributed by atoms with Gasteiger partial charge in [-0.25, -0.2) is 0 Å². The zero-order chi connectivity index (χ0) is 22.0. The number of nitrogens with one attached hydrogen (secondary N) is 1. The van der Waals surface area contributed by atoms with E-state index < -0.39 is 0 Å². The molecule has 1 aromatic carbocycles. The van der Waals surface area contributed by atoms with Gasteiger partial charge in [-0.3, -0.25) is 14.7 Å². The van der Waals surface area contributed by atoms with E-state index in [4.69, 9.17) is 9.47 Å². The standard InChI is InChI=1S/C23H30N4O4/c1-15-13-27(14-16(2)31-15)23(29)20-12-24-25-21(20)17-8-10-26(11-9-17)22(28)18-4-6-19(30-3)7-5-18/h4-7,12,15-17H,8-11,13-14H2,1-3H3,(H,24,25)/t15-,16-/m0/s1. The number of rotatable bonds is 4. The molecule has 8 heteroatoms. The number of carbonyl (C=O) groups is 2. The molecule has 2 aliphatic heterocycles. The molecule has 31 heavy (non-hydrogen) atoms. The van der Waals surface area contributed by atoms with Crippen LogP contribution in [0.4, 0.5) is 0 Å². The molecular weight excluding hydrogens is 396 g/mol. The summed E-state index contributed by atoms with van der Waals surface area (Å²) in [6.45, 7) is 6.44. The molecule has 2 aliphatic rings. The Balaban J connectivity index is 1.40. The number of benzene rings is 1. The van der Waals surface area contributed by atoms with Crippen LogP contribution in [0.1, 0.15) is 59.0 Å². The third-order valence-electron chi connectivity index (χ3n) is 6.13. The van der Waals surface area contributed by atoms with Crippen LogP contribution in [0.3, 0.4) is 0 Å². The van der Waals surface area contributed by atoms with Gasteiger partial charge in [0.25, 0.3) is 11.8 Å². The minimum atomic E-state index is 0.00230. The highest BCUT2D eigenvalue weighted by molar-refractivity contribution is 5.96. The summed E-state index contributed by atoms with van der Waals surface area (Å²) in [6.07, 6.45) is 3.27. The van der Waals surface area contributed by atoms with Gasteiger partial charge in [0.05, 0.1) is 36.8 Å². The van der Waals surface area contributed by atoms with Crippen molar-refractivity contribution in [2.75, 3.05) is 33.3 Å². The summed E-state index contributed by atoms with van der Waals surface area (Å²) in [4.78, 5) is 29.7. The minimum absolute atomic E-state index is 0.00230. The summed E-state index contributed by atoms with van der Waals surface area (Å²) in [5.41, 5.74) is 2.18. The van der Waals surface area contributed by atoms with Crippen molar-refractivity contribution in [3.05, 3.63) is 47.3 Å². The van der Waals surface area contributed by atoms with Crippen molar-refractivity contribution in [3.8, 4) is 5.75 Å². The predicted octanol–water partition coefficient (Wildman–Crippen LogP) is 2.69. The van der Waals surface area contributed by atoms with Gasteiger partial charge in [0.2, 0.25) is 0 Å². The number of piperidine rings is 1. The van der Waals surface area contributed by atoms with E-state index in [1.54, 1.807) is 37.6 Å². The van der Waals surface area contributed by atoms with Gasteiger partial charge in [-0.05, 0) is 51.0 Å². The first-order valence-electron chi connectivity index (χ1n) is 10.9. The highest BCUT2D eigenvalue weighted by Gasteiger charge is 2.32. The summed E-state index contributed by atoms with van der Waals surface area (Å²) in [7, 11) is 1.61. The van der Waals surface area contributed by atoms with Crippen molar-refractivity contribution in [1.29, 1.82) is 0 Å². The average molecular weight is 427 g/mol. The fourth-order valence-electron chi connectivity index (χ4n) is 4.58. The van der Waals surface area contributed by atoms with Gasteiger partial charge in [-0.2, -0.15) is 5.10 Å². The van der Waals surface area contributed by atoms with Crippen LogP contribution < -0.4 is 4.74 Å². The number of likely N-dealkylation sites (tertiary alicyclic amines) is 1. The highest BCUT2D eigenvalue weighted by Crippen LogP contribution is 2.30. The van der Waals surface area contributed by atoms with Crippen LogP contribution in [0.15, 0.2) is 30.5 Å². The van der Waals surface area contributed by atoms with E-state index >= 15 is 0 Å².